The van der Waals surface area contributed by atoms with Crippen LogP contribution in [-0.4, -0.2) is 71.7 Å². The number of hydrogen-bond acceptors (Lipinski definition) is 5. The van der Waals surface area contributed by atoms with Gasteiger partial charge in [-0.2, -0.15) is 0 Å². The van der Waals surface area contributed by atoms with Gasteiger partial charge in [0, 0.05) is 51.7 Å². The van der Waals surface area contributed by atoms with Crippen LogP contribution in [0.25, 0.3) is 0 Å². The van der Waals surface area contributed by atoms with E-state index < -0.39 is 0 Å². The normalized spacial score (nSPS) is 15.1. The van der Waals surface area contributed by atoms with Gasteiger partial charge in [-0.3, -0.25) is 9.69 Å². The molecule has 0 spiro atoms. The fourth-order valence-electron chi connectivity index (χ4n) is 3.08. The molecule has 3 rings (SSSR count). The van der Waals surface area contributed by atoms with Gasteiger partial charge in [-0.15, -0.1) is 0 Å². The first-order valence-electron chi connectivity index (χ1n) is 8.91. The molecule has 1 aliphatic rings. The summed E-state index contributed by atoms with van der Waals surface area (Å²) in [5.41, 5.74) is 0. The predicted octanol–water partition coefficient (Wildman–Crippen LogP) is 1.42. The summed E-state index contributed by atoms with van der Waals surface area (Å²) in [5, 5.41) is 0. The highest BCUT2D eigenvalue weighted by Gasteiger charge is 2.21. The summed E-state index contributed by atoms with van der Waals surface area (Å²) in [6, 6.07) is 7.36. The molecule has 0 atom stereocenters. The van der Waals surface area contributed by atoms with Crippen LogP contribution in [0.2, 0.25) is 0 Å². The van der Waals surface area contributed by atoms with Crippen LogP contribution in [0.3, 0.4) is 0 Å². The molecule has 2 heterocycles. The van der Waals surface area contributed by atoms with Gasteiger partial charge in [-0.25, -0.2) is 4.98 Å². The number of carbonyl (C=O) groups excluding carboxylic acids is 1. The van der Waals surface area contributed by atoms with Crippen LogP contribution in [0.5, 0.6) is 11.5 Å². The Bertz CT molecular complexity index is 723. The van der Waals surface area contributed by atoms with Gasteiger partial charge in [0.25, 0.3) is 5.91 Å². The van der Waals surface area contributed by atoms with Gasteiger partial charge in [0.15, 0.2) is 18.1 Å². The quantitative estimate of drug-likeness (QED) is 0.749. The van der Waals surface area contributed by atoms with E-state index in [1.165, 1.54) is 0 Å². The summed E-state index contributed by atoms with van der Waals surface area (Å²) in [7, 11) is 1.59. The molecule has 0 bridgehead atoms. The molecule has 140 valence electrons. The van der Waals surface area contributed by atoms with Crippen LogP contribution in [0.1, 0.15) is 5.82 Å². The molecule has 1 fully saturated rings. The number of rotatable bonds is 7. The van der Waals surface area contributed by atoms with Crippen molar-refractivity contribution >= 4 is 5.91 Å². The average Bonchev–Trinajstić information content (AvgIpc) is 3.10. The Balaban J connectivity index is 1.41. The number of nitrogens with zero attached hydrogens (tertiary/aromatic N) is 4. The van der Waals surface area contributed by atoms with Gasteiger partial charge in [-0.1, -0.05) is 12.1 Å². The third-order valence-corrected chi connectivity index (χ3v) is 4.73. The maximum absolute atomic E-state index is 12.4. The second kappa shape index (κ2) is 8.71. The van der Waals surface area contributed by atoms with Gasteiger partial charge in [0.1, 0.15) is 5.82 Å². The Morgan fingerprint density at radius 3 is 2.50 bits per heavy atom. The maximum atomic E-state index is 12.4. The van der Waals surface area contributed by atoms with Crippen LogP contribution in [0.4, 0.5) is 0 Å². The Labute approximate surface area is 154 Å². The van der Waals surface area contributed by atoms with Crippen molar-refractivity contribution in [2.45, 2.75) is 13.5 Å². The number of methoxy groups -OCH3 is 1. The van der Waals surface area contributed by atoms with Crippen LogP contribution in [-0.2, 0) is 11.3 Å². The largest absolute Gasteiger partial charge is 0.493 e. The van der Waals surface area contributed by atoms with E-state index in [0.717, 1.165) is 45.1 Å². The molecule has 0 N–H and O–H groups in total. The summed E-state index contributed by atoms with van der Waals surface area (Å²) in [5.74, 6) is 2.28. The number of hydrogen-bond donors (Lipinski definition) is 0. The SMILES string of the molecule is COc1ccccc1OCC(=O)N1CCN(CCn2ccnc2C)CC1. The first-order chi connectivity index (χ1) is 12.7. The van der Waals surface area contributed by atoms with Crippen molar-refractivity contribution in [1.82, 2.24) is 19.4 Å². The van der Waals surface area contributed by atoms with Crippen molar-refractivity contribution in [3.05, 3.63) is 42.5 Å². The van der Waals surface area contributed by atoms with Gasteiger partial charge in [0.05, 0.1) is 7.11 Å². The number of carbonyl (C=O) groups is 1. The molecule has 0 radical (unpaired) electrons. The first kappa shape index (κ1) is 18.3. The fourth-order valence-corrected chi connectivity index (χ4v) is 3.08. The van der Waals surface area contributed by atoms with Gasteiger partial charge < -0.3 is 18.9 Å². The van der Waals surface area contributed by atoms with E-state index in [2.05, 4.69) is 14.5 Å². The fraction of sp³-hybridized carbons (Fsp3) is 0.474. The van der Waals surface area contributed by atoms with E-state index in [-0.39, 0.29) is 12.5 Å². The summed E-state index contributed by atoms with van der Waals surface area (Å²) >= 11 is 0. The highest BCUT2D eigenvalue weighted by molar-refractivity contribution is 5.78. The second-order valence-corrected chi connectivity index (χ2v) is 6.33. The van der Waals surface area contributed by atoms with Crippen molar-refractivity contribution in [3.63, 3.8) is 0 Å². The van der Waals surface area contributed by atoms with Crippen LogP contribution < -0.4 is 9.47 Å². The summed E-state index contributed by atoms with van der Waals surface area (Å²) in [6.07, 6.45) is 3.83. The smallest absolute Gasteiger partial charge is 0.260 e. The topological polar surface area (TPSA) is 59.8 Å². The van der Waals surface area contributed by atoms with E-state index in [9.17, 15) is 4.79 Å². The zero-order chi connectivity index (χ0) is 18.4. The molecular weight excluding hydrogens is 332 g/mol. The van der Waals surface area contributed by atoms with Crippen molar-refractivity contribution in [3.8, 4) is 11.5 Å². The third kappa shape index (κ3) is 4.54. The van der Waals surface area contributed by atoms with E-state index >= 15 is 0 Å². The van der Waals surface area contributed by atoms with E-state index in [1.807, 2.05) is 48.5 Å². The highest BCUT2D eigenvalue weighted by atomic mass is 16.5. The lowest BCUT2D eigenvalue weighted by Gasteiger charge is -2.34. The molecule has 1 saturated heterocycles. The molecule has 0 unspecified atom stereocenters. The molecule has 7 heteroatoms. The van der Waals surface area contributed by atoms with Gasteiger partial charge in [0.2, 0.25) is 0 Å². The van der Waals surface area contributed by atoms with Crippen LogP contribution >= 0.6 is 0 Å². The van der Waals surface area contributed by atoms with Crippen molar-refractivity contribution in [2.75, 3.05) is 46.4 Å². The summed E-state index contributed by atoms with van der Waals surface area (Å²) < 4.78 is 13.0. The zero-order valence-corrected chi connectivity index (χ0v) is 15.4. The van der Waals surface area contributed by atoms with Crippen molar-refractivity contribution in [1.29, 1.82) is 0 Å². The van der Waals surface area contributed by atoms with E-state index in [1.54, 1.807) is 7.11 Å². The van der Waals surface area contributed by atoms with Gasteiger partial charge in [-0.05, 0) is 19.1 Å². The van der Waals surface area contributed by atoms with Gasteiger partial charge >= 0.3 is 0 Å². The number of benzene rings is 1. The Kier molecular flexibility index (Phi) is 6.12. The standard InChI is InChI=1S/C19H26N4O3/c1-16-20-7-8-22(16)12-9-21-10-13-23(14-11-21)19(24)15-26-18-6-4-3-5-17(18)25-2/h3-8H,9-15H2,1-2H3. The Hall–Kier alpha value is -2.54. The maximum Gasteiger partial charge on any atom is 0.260 e. The molecule has 2 aromatic rings. The van der Waals surface area contributed by atoms with Crippen molar-refractivity contribution in [2.24, 2.45) is 0 Å². The molecule has 1 aliphatic heterocycles. The number of ether oxygens (including phenoxy) is 2. The Morgan fingerprint density at radius 2 is 1.85 bits per heavy atom. The highest BCUT2D eigenvalue weighted by Crippen LogP contribution is 2.25. The molecule has 1 aromatic heterocycles. The number of amides is 1. The minimum atomic E-state index is 0.0148. The minimum absolute atomic E-state index is 0.0148. The molecule has 0 aliphatic carbocycles. The van der Waals surface area contributed by atoms with E-state index in [4.69, 9.17) is 9.47 Å². The number of imidazole rings is 1. The molecular formula is C19H26N4O3. The Morgan fingerprint density at radius 1 is 1.12 bits per heavy atom. The number of aryl methyl sites for hydroxylation is 1. The average molecular weight is 358 g/mol. The second-order valence-electron chi connectivity index (χ2n) is 6.33. The lowest BCUT2D eigenvalue weighted by Crippen LogP contribution is -2.50. The molecule has 1 amide bonds. The predicted molar refractivity (Wildman–Crippen MR) is 98.5 cm³/mol. The lowest BCUT2D eigenvalue weighted by molar-refractivity contribution is -0.135. The molecule has 7 nitrogen and oxygen atoms in total. The summed E-state index contributed by atoms with van der Waals surface area (Å²) in [6.45, 7) is 7.18. The van der Waals surface area contributed by atoms with Crippen LogP contribution in [0, 0.1) is 6.92 Å². The van der Waals surface area contributed by atoms with Crippen LogP contribution in [0.15, 0.2) is 36.7 Å². The lowest BCUT2D eigenvalue weighted by atomic mass is 10.3. The first-order valence-corrected chi connectivity index (χ1v) is 8.91. The minimum Gasteiger partial charge on any atom is -0.493 e. The zero-order valence-electron chi connectivity index (χ0n) is 15.4. The van der Waals surface area contributed by atoms with Crippen molar-refractivity contribution < 1.29 is 14.3 Å². The molecule has 0 saturated carbocycles. The molecule has 1 aromatic carbocycles. The number of aromatic nitrogens is 2. The van der Waals surface area contributed by atoms with E-state index in [0.29, 0.717) is 11.5 Å². The number of para-hydroxylation sites is 2. The monoisotopic (exact) mass is 358 g/mol. The number of piperazine rings is 1. The molecule has 26 heavy (non-hydrogen) atoms. The summed E-state index contributed by atoms with van der Waals surface area (Å²) in [4.78, 5) is 20.9. The third-order valence-electron chi connectivity index (χ3n) is 4.73.